The van der Waals surface area contributed by atoms with Crippen LogP contribution in [0, 0.1) is 6.92 Å². The highest BCUT2D eigenvalue weighted by atomic mass is 19.4. The molecule has 0 unspecified atom stereocenters. The number of halogens is 6. The van der Waals surface area contributed by atoms with Gasteiger partial charge in [-0.25, -0.2) is 18.8 Å². The molecule has 206 valence electrons. The van der Waals surface area contributed by atoms with E-state index in [1.807, 2.05) is 0 Å². The molecule has 0 radical (unpaired) electrons. The number of ether oxygens (including phenoxy) is 3. The lowest BCUT2D eigenvalue weighted by Crippen LogP contribution is -2.40. The van der Waals surface area contributed by atoms with E-state index in [9.17, 15) is 35.9 Å². The summed E-state index contributed by atoms with van der Waals surface area (Å²) in [6, 6.07) is 6.54. The summed E-state index contributed by atoms with van der Waals surface area (Å²) in [5, 5.41) is 3.90. The molecule has 0 fully saturated rings. The lowest BCUT2D eigenvalue weighted by molar-refractivity contribution is -0.274. The summed E-state index contributed by atoms with van der Waals surface area (Å²) in [7, 11) is 0. The molecular formula is C24H23F6N3O5. The van der Waals surface area contributed by atoms with Gasteiger partial charge in [0.05, 0.1) is 24.4 Å². The Hall–Kier alpha value is -3.97. The van der Waals surface area contributed by atoms with E-state index < -0.39 is 46.9 Å². The number of esters is 1. The van der Waals surface area contributed by atoms with Crippen molar-refractivity contribution in [3.05, 3.63) is 69.9 Å². The van der Waals surface area contributed by atoms with Crippen LogP contribution in [0.5, 0.6) is 11.5 Å². The van der Waals surface area contributed by atoms with E-state index in [2.05, 4.69) is 9.84 Å². The molecule has 0 saturated heterocycles. The average Bonchev–Trinajstić information content (AvgIpc) is 3.14. The second-order valence-electron chi connectivity index (χ2n) is 8.60. The first kappa shape index (κ1) is 28.6. The van der Waals surface area contributed by atoms with Gasteiger partial charge in [0, 0.05) is 0 Å². The molecule has 8 nitrogen and oxygen atoms in total. The molecule has 0 N–H and O–H groups in total. The standard InChI is InChI=1S/C24H23F6N3O5/c1-5-36-20(34)22(3,4)38-19-14(2)10-15(11-18(19)23(25,26)27)12-33-21(35)32(13-31-33)16-6-8-17(9-7-16)37-24(28,29)30/h6-11,13H,5,12H2,1-4H3. The Morgan fingerprint density at radius 3 is 2.18 bits per heavy atom. The fourth-order valence-electron chi connectivity index (χ4n) is 3.49. The Labute approximate surface area is 212 Å². The zero-order chi connectivity index (χ0) is 28.5. The Kier molecular flexibility index (Phi) is 7.84. The van der Waals surface area contributed by atoms with E-state index in [4.69, 9.17) is 9.47 Å². The third-order valence-electron chi connectivity index (χ3n) is 5.18. The highest BCUT2D eigenvalue weighted by Crippen LogP contribution is 2.40. The van der Waals surface area contributed by atoms with Crippen molar-refractivity contribution >= 4 is 5.97 Å². The van der Waals surface area contributed by atoms with Crippen LogP contribution in [0.3, 0.4) is 0 Å². The lowest BCUT2D eigenvalue weighted by atomic mass is 10.0. The monoisotopic (exact) mass is 547 g/mol. The van der Waals surface area contributed by atoms with Crippen LogP contribution in [0.15, 0.2) is 47.5 Å². The number of aromatic nitrogens is 3. The van der Waals surface area contributed by atoms with Gasteiger partial charge < -0.3 is 14.2 Å². The Morgan fingerprint density at radius 1 is 1.00 bits per heavy atom. The third-order valence-corrected chi connectivity index (χ3v) is 5.18. The van der Waals surface area contributed by atoms with Gasteiger partial charge in [0.25, 0.3) is 0 Å². The predicted octanol–water partition coefficient (Wildman–Crippen LogP) is 5.03. The smallest absolute Gasteiger partial charge is 0.475 e. The van der Waals surface area contributed by atoms with Crippen LogP contribution in [-0.2, 0) is 22.3 Å². The number of carbonyl (C=O) groups excluding carboxylic acids is 1. The Balaban J connectivity index is 1.91. The maximum atomic E-state index is 13.9. The van der Waals surface area contributed by atoms with E-state index in [0.717, 1.165) is 33.8 Å². The SMILES string of the molecule is CCOC(=O)C(C)(C)Oc1c(C)cc(Cn2ncn(-c3ccc(OC(F)(F)F)cc3)c2=O)cc1C(F)(F)F. The Bertz CT molecular complexity index is 1360. The number of nitrogens with zero attached hydrogens (tertiary/aromatic N) is 3. The van der Waals surface area contributed by atoms with Crippen molar-refractivity contribution in [3.8, 4) is 17.2 Å². The molecule has 2 aromatic carbocycles. The number of benzene rings is 2. The van der Waals surface area contributed by atoms with Crippen LogP contribution in [-0.4, -0.2) is 38.9 Å². The summed E-state index contributed by atoms with van der Waals surface area (Å²) in [5.74, 6) is -1.89. The maximum Gasteiger partial charge on any atom is 0.573 e. The van der Waals surface area contributed by atoms with E-state index >= 15 is 0 Å². The molecule has 1 aromatic heterocycles. The van der Waals surface area contributed by atoms with Crippen molar-refractivity contribution in [3.63, 3.8) is 0 Å². The molecule has 0 spiro atoms. The van der Waals surface area contributed by atoms with Crippen molar-refractivity contribution < 1.29 is 45.3 Å². The summed E-state index contributed by atoms with van der Waals surface area (Å²) < 4.78 is 94.9. The maximum absolute atomic E-state index is 13.9. The second-order valence-corrected chi connectivity index (χ2v) is 8.60. The number of alkyl halides is 6. The minimum Gasteiger partial charge on any atom is -0.475 e. The van der Waals surface area contributed by atoms with E-state index in [0.29, 0.717) is 0 Å². The molecule has 0 aliphatic heterocycles. The highest BCUT2D eigenvalue weighted by molar-refractivity contribution is 5.79. The minimum atomic E-state index is -4.88. The van der Waals surface area contributed by atoms with Gasteiger partial charge in [-0.1, -0.05) is 6.07 Å². The van der Waals surface area contributed by atoms with Gasteiger partial charge in [0.2, 0.25) is 0 Å². The number of carbonyl (C=O) groups is 1. The van der Waals surface area contributed by atoms with Gasteiger partial charge in [-0.2, -0.15) is 18.3 Å². The molecular weight excluding hydrogens is 524 g/mol. The van der Waals surface area contributed by atoms with E-state index in [1.54, 1.807) is 6.92 Å². The number of rotatable bonds is 8. The summed E-state index contributed by atoms with van der Waals surface area (Å²) in [4.78, 5) is 25.0. The largest absolute Gasteiger partial charge is 0.573 e. The van der Waals surface area contributed by atoms with Gasteiger partial charge in [0.1, 0.15) is 17.8 Å². The van der Waals surface area contributed by atoms with Crippen molar-refractivity contribution in [1.82, 2.24) is 14.3 Å². The predicted molar refractivity (Wildman–Crippen MR) is 121 cm³/mol. The molecule has 0 atom stereocenters. The third kappa shape index (κ3) is 6.66. The van der Waals surface area contributed by atoms with Gasteiger partial charge in [-0.15, -0.1) is 13.2 Å². The van der Waals surface area contributed by atoms with Gasteiger partial charge in [0.15, 0.2) is 5.60 Å². The molecule has 0 amide bonds. The second kappa shape index (κ2) is 10.4. The van der Waals surface area contributed by atoms with Crippen molar-refractivity contribution in [2.75, 3.05) is 6.61 Å². The summed E-state index contributed by atoms with van der Waals surface area (Å²) in [6.07, 6.45) is -8.66. The van der Waals surface area contributed by atoms with Crippen LogP contribution in [0.25, 0.3) is 5.69 Å². The fraction of sp³-hybridized carbons (Fsp3) is 0.375. The molecule has 1 heterocycles. The summed E-state index contributed by atoms with van der Waals surface area (Å²) in [5.41, 5.74) is -3.33. The molecule has 0 bridgehead atoms. The molecule has 3 rings (SSSR count). The average molecular weight is 547 g/mol. The van der Waals surface area contributed by atoms with Crippen LogP contribution < -0.4 is 15.2 Å². The molecule has 38 heavy (non-hydrogen) atoms. The quantitative estimate of drug-likeness (QED) is 0.291. The number of hydrogen-bond acceptors (Lipinski definition) is 6. The first-order valence-corrected chi connectivity index (χ1v) is 11.1. The summed E-state index contributed by atoms with van der Waals surface area (Å²) >= 11 is 0. The van der Waals surface area contributed by atoms with Gasteiger partial charge in [-0.3, -0.25) is 0 Å². The summed E-state index contributed by atoms with van der Waals surface area (Å²) in [6.45, 7) is 5.14. The molecule has 0 aliphatic rings. The molecule has 0 saturated carbocycles. The Morgan fingerprint density at radius 2 is 1.63 bits per heavy atom. The molecule has 3 aromatic rings. The first-order chi connectivity index (χ1) is 17.5. The van der Waals surface area contributed by atoms with Crippen molar-refractivity contribution in [1.29, 1.82) is 0 Å². The molecule has 0 aliphatic carbocycles. The van der Waals surface area contributed by atoms with Crippen molar-refractivity contribution in [2.45, 2.75) is 52.4 Å². The van der Waals surface area contributed by atoms with Crippen LogP contribution in [0.1, 0.15) is 37.5 Å². The highest BCUT2D eigenvalue weighted by Gasteiger charge is 2.40. The normalized spacial score (nSPS) is 12.4. The lowest BCUT2D eigenvalue weighted by Gasteiger charge is -2.27. The van der Waals surface area contributed by atoms with Crippen LogP contribution in [0.4, 0.5) is 26.3 Å². The van der Waals surface area contributed by atoms with Crippen LogP contribution >= 0.6 is 0 Å². The molecule has 14 heteroatoms. The van der Waals surface area contributed by atoms with E-state index in [-0.39, 0.29) is 30.0 Å². The topological polar surface area (TPSA) is 84.6 Å². The minimum absolute atomic E-state index is 0.0164. The zero-order valence-electron chi connectivity index (χ0n) is 20.6. The number of aryl methyl sites for hydroxylation is 1. The van der Waals surface area contributed by atoms with Gasteiger partial charge >= 0.3 is 24.2 Å². The van der Waals surface area contributed by atoms with Crippen molar-refractivity contribution in [2.24, 2.45) is 0 Å². The fourth-order valence-corrected chi connectivity index (χ4v) is 3.49. The zero-order valence-corrected chi connectivity index (χ0v) is 20.6. The van der Waals surface area contributed by atoms with Crippen LogP contribution in [0.2, 0.25) is 0 Å². The first-order valence-electron chi connectivity index (χ1n) is 11.1. The van der Waals surface area contributed by atoms with Gasteiger partial charge in [-0.05, 0) is 69.2 Å². The number of hydrogen-bond donors (Lipinski definition) is 0. The van der Waals surface area contributed by atoms with E-state index in [1.165, 1.54) is 39.0 Å².